The van der Waals surface area contributed by atoms with Crippen molar-refractivity contribution in [2.75, 3.05) is 18.2 Å². The van der Waals surface area contributed by atoms with Gasteiger partial charge in [0.25, 0.3) is 0 Å². The predicted molar refractivity (Wildman–Crippen MR) is 61.6 cm³/mol. The van der Waals surface area contributed by atoms with Gasteiger partial charge in [-0.2, -0.15) is 0 Å². The van der Waals surface area contributed by atoms with Crippen LogP contribution in [0.1, 0.15) is 19.8 Å². The van der Waals surface area contributed by atoms with Crippen LogP contribution in [0, 0.1) is 0 Å². The second-order valence-electron chi connectivity index (χ2n) is 3.31. The highest BCUT2D eigenvalue weighted by Crippen LogP contribution is 2.08. The lowest BCUT2D eigenvalue weighted by Gasteiger charge is -2.17. The fourth-order valence-corrected chi connectivity index (χ4v) is 1.28. The number of esters is 1. The van der Waals surface area contributed by atoms with Gasteiger partial charge in [-0.25, -0.2) is 5.84 Å². The zero-order chi connectivity index (χ0) is 11.8. The third kappa shape index (κ3) is 4.27. The van der Waals surface area contributed by atoms with E-state index in [1.54, 1.807) is 24.3 Å². The fraction of sp³-hybridized carbons (Fsp3) is 0.455. The number of nitrogens with two attached hydrogens (primary N) is 1. The van der Waals surface area contributed by atoms with Crippen LogP contribution in [-0.4, -0.2) is 24.1 Å². The molecule has 0 radical (unpaired) electrons. The first kappa shape index (κ1) is 12.4. The van der Waals surface area contributed by atoms with Crippen LogP contribution in [0.4, 0.5) is 5.69 Å². The Bertz CT molecular complexity index is 316. The highest BCUT2D eigenvalue weighted by molar-refractivity contribution is 5.69. The molecule has 0 saturated carbocycles. The molecular weight excluding hydrogens is 206 g/mol. The van der Waals surface area contributed by atoms with Crippen molar-refractivity contribution in [2.24, 2.45) is 5.84 Å². The molecule has 5 nitrogen and oxygen atoms in total. The van der Waals surface area contributed by atoms with Crippen LogP contribution in [0.3, 0.4) is 0 Å². The van der Waals surface area contributed by atoms with E-state index in [1.165, 1.54) is 0 Å². The molecular formula is C11H17N3O2. The molecule has 0 bridgehead atoms. The predicted octanol–water partition coefficient (Wildman–Crippen LogP) is 1.10. The summed E-state index contributed by atoms with van der Waals surface area (Å²) in [7, 11) is 0. The lowest BCUT2D eigenvalue weighted by atomic mass is 10.3. The van der Waals surface area contributed by atoms with Crippen molar-refractivity contribution in [3.63, 3.8) is 0 Å². The molecule has 0 aliphatic rings. The Kier molecular flexibility index (Phi) is 5.28. The van der Waals surface area contributed by atoms with Gasteiger partial charge in [-0.05, 0) is 25.5 Å². The first-order valence-corrected chi connectivity index (χ1v) is 5.32. The molecule has 5 heteroatoms. The molecule has 0 saturated heterocycles. The Hall–Kier alpha value is -1.62. The minimum absolute atomic E-state index is 0.179. The number of pyridine rings is 1. The molecule has 2 N–H and O–H groups in total. The van der Waals surface area contributed by atoms with Crippen LogP contribution in [0.2, 0.25) is 0 Å². The van der Waals surface area contributed by atoms with E-state index in [1.807, 2.05) is 12.1 Å². The smallest absolute Gasteiger partial charge is 0.305 e. The molecule has 0 fully saturated rings. The maximum Gasteiger partial charge on any atom is 0.305 e. The van der Waals surface area contributed by atoms with Gasteiger partial charge >= 0.3 is 5.97 Å². The van der Waals surface area contributed by atoms with Gasteiger partial charge in [-0.3, -0.25) is 9.78 Å². The lowest BCUT2D eigenvalue weighted by Crippen LogP contribution is -2.32. The maximum atomic E-state index is 11.1. The molecule has 1 aromatic heterocycles. The lowest BCUT2D eigenvalue weighted by molar-refractivity contribution is -0.143. The van der Waals surface area contributed by atoms with Gasteiger partial charge in [0.1, 0.15) is 0 Å². The van der Waals surface area contributed by atoms with E-state index in [-0.39, 0.29) is 5.97 Å². The first-order valence-electron chi connectivity index (χ1n) is 5.32. The van der Waals surface area contributed by atoms with Gasteiger partial charge in [-0.15, -0.1) is 0 Å². The van der Waals surface area contributed by atoms with Crippen molar-refractivity contribution < 1.29 is 9.53 Å². The number of aromatic nitrogens is 1. The number of nitrogens with zero attached hydrogens (tertiary/aromatic N) is 2. The van der Waals surface area contributed by atoms with E-state index in [0.717, 1.165) is 5.69 Å². The number of rotatable bonds is 6. The topological polar surface area (TPSA) is 68.5 Å². The summed E-state index contributed by atoms with van der Waals surface area (Å²) in [6.45, 7) is 2.82. The van der Waals surface area contributed by atoms with E-state index in [9.17, 15) is 4.79 Å². The van der Waals surface area contributed by atoms with E-state index in [0.29, 0.717) is 26.0 Å². The quantitative estimate of drug-likeness (QED) is 0.444. The maximum absolute atomic E-state index is 11.1. The number of carbonyl (C=O) groups is 1. The van der Waals surface area contributed by atoms with E-state index >= 15 is 0 Å². The number of hydrogen-bond acceptors (Lipinski definition) is 5. The summed E-state index contributed by atoms with van der Waals surface area (Å²) in [6, 6.07) is 3.69. The number of hydrazine groups is 1. The summed E-state index contributed by atoms with van der Waals surface area (Å²) in [6.07, 6.45) is 4.44. The van der Waals surface area contributed by atoms with Gasteiger partial charge in [0, 0.05) is 19.2 Å². The summed E-state index contributed by atoms with van der Waals surface area (Å²) in [5.74, 6) is 5.62. The third-order valence-electron chi connectivity index (χ3n) is 2.06. The van der Waals surface area contributed by atoms with Crippen LogP contribution in [0.15, 0.2) is 24.5 Å². The zero-order valence-corrected chi connectivity index (χ0v) is 9.43. The molecule has 0 spiro atoms. The SMILES string of the molecule is CCOC(=O)CCCN(N)c1cccnc1. The van der Waals surface area contributed by atoms with E-state index in [4.69, 9.17) is 10.6 Å². The number of ether oxygens (including phenoxy) is 1. The van der Waals surface area contributed by atoms with E-state index in [2.05, 4.69) is 4.98 Å². The highest BCUT2D eigenvalue weighted by Gasteiger charge is 2.04. The van der Waals surface area contributed by atoms with E-state index < -0.39 is 0 Å². The minimum Gasteiger partial charge on any atom is -0.466 e. The van der Waals surface area contributed by atoms with Crippen molar-refractivity contribution in [3.05, 3.63) is 24.5 Å². The second kappa shape index (κ2) is 6.79. The summed E-state index contributed by atoms with van der Waals surface area (Å²) < 4.78 is 4.82. The summed E-state index contributed by atoms with van der Waals surface area (Å²) in [4.78, 5) is 15.0. The second-order valence-corrected chi connectivity index (χ2v) is 3.31. The van der Waals surface area contributed by atoms with Crippen molar-refractivity contribution >= 4 is 11.7 Å². The number of anilines is 1. The van der Waals surface area contributed by atoms with Crippen molar-refractivity contribution in [1.82, 2.24) is 4.98 Å². The zero-order valence-electron chi connectivity index (χ0n) is 9.43. The van der Waals surface area contributed by atoms with Crippen molar-refractivity contribution in [3.8, 4) is 0 Å². The Morgan fingerprint density at radius 3 is 3.06 bits per heavy atom. The number of carbonyl (C=O) groups excluding carboxylic acids is 1. The highest BCUT2D eigenvalue weighted by atomic mass is 16.5. The Morgan fingerprint density at radius 1 is 1.62 bits per heavy atom. The molecule has 0 unspecified atom stereocenters. The average Bonchev–Trinajstić information content (AvgIpc) is 2.30. The summed E-state index contributed by atoms with van der Waals surface area (Å²) in [5.41, 5.74) is 0.839. The molecule has 0 atom stereocenters. The molecule has 1 aromatic rings. The number of hydrogen-bond donors (Lipinski definition) is 1. The van der Waals surface area contributed by atoms with Crippen LogP contribution in [0.25, 0.3) is 0 Å². The molecule has 1 rings (SSSR count). The average molecular weight is 223 g/mol. The van der Waals surface area contributed by atoms with Gasteiger partial charge in [0.2, 0.25) is 0 Å². The van der Waals surface area contributed by atoms with Crippen LogP contribution >= 0.6 is 0 Å². The van der Waals surface area contributed by atoms with Gasteiger partial charge in [-0.1, -0.05) is 0 Å². The largest absolute Gasteiger partial charge is 0.466 e. The Labute approximate surface area is 95.2 Å². The molecule has 0 aliphatic heterocycles. The van der Waals surface area contributed by atoms with Gasteiger partial charge < -0.3 is 9.75 Å². The monoisotopic (exact) mass is 223 g/mol. The van der Waals surface area contributed by atoms with Crippen LogP contribution in [0.5, 0.6) is 0 Å². The normalized spacial score (nSPS) is 9.88. The molecule has 1 heterocycles. The van der Waals surface area contributed by atoms with Crippen LogP contribution < -0.4 is 10.9 Å². The minimum atomic E-state index is -0.179. The van der Waals surface area contributed by atoms with Crippen LogP contribution in [-0.2, 0) is 9.53 Å². The molecule has 0 aliphatic carbocycles. The molecule has 0 amide bonds. The van der Waals surface area contributed by atoms with Crippen molar-refractivity contribution in [2.45, 2.75) is 19.8 Å². The third-order valence-corrected chi connectivity index (χ3v) is 2.06. The molecule has 0 aromatic carbocycles. The Morgan fingerprint density at radius 2 is 2.44 bits per heavy atom. The molecule has 88 valence electrons. The molecule has 16 heavy (non-hydrogen) atoms. The summed E-state index contributed by atoms with van der Waals surface area (Å²) >= 11 is 0. The van der Waals surface area contributed by atoms with Crippen molar-refractivity contribution in [1.29, 1.82) is 0 Å². The Balaban J connectivity index is 2.26. The van der Waals surface area contributed by atoms with Gasteiger partial charge in [0.05, 0.1) is 18.5 Å². The van der Waals surface area contributed by atoms with Gasteiger partial charge in [0.15, 0.2) is 0 Å². The first-order chi connectivity index (χ1) is 7.74. The summed E-state index contributed by atoms with van der Waals surface area (Å²) in [5, 5.41) is 1.58. The fourth-order valence-electron chi connectivity index (χ4n) is 1.28. The standard InChI is InChI=1S/C11H17N3O2/c1-2-16-11(15)6-4-8-14(12)10-5-3-7-13-9-10/h3,5,7,9H,2,4,6,8,12H2,1H3.